The minimum Gasteiger partial charge on any atom is -0.347 e. The number of hydrogen-bond donors (Lipinski definition) is 1. The van der Waals surface area contributed by atoms with Crippen LogP contribution < -0.4 is 5.32 Å². The minimum absolute atomic E-state index is 0.0812. The Morgan fingerprint density at radius 2 is 2.22 bits per heavy atom. The second-order valence-corrected chi connectivity index (χ2v) is 5.83. The van der Waals surface area contributed by atoms with Crippen molar-refractivity contribution in [1.82, 2.24) is 5.32 Å². The summed E-state index contributed by atoms with van der Waals surface area (Å²) in [7, 11) is 0. The zero-order valence-electron chi connectivity index (χ0n) is 9.45. The van der Waals surface area contributed by atoms with Gasteiger partial charge in [-0.25, -0.2) is 0 Å². The molecule has 5 heteroatoms. The van der Waals surface area contributed by atoms with Gasteiger partial charge >= 0.3 is 0 Å². The zero-order chi connectivity index (χ0) is 13.0. The van der Waals surface area contributed by atoms with Crippen LogP contribution in [0.15, 0.2) is 40.2 Å². The molecule has 0 saturated carbocycles. The standard InChI is InChI=1S/C13H11BrClNOS/c14-11-4-5-18-12(11)8-16-13(17)10-3-1-2-9(6-10)7-15/h1-6H,7-8H2,(H,16,17). The number of thiophene rings is 1. The van der Waals surface area contributed by atoms with Gasteiger partial charge in [0.15, 0.2) is 0 Å². The summed E-state index contributed by atoms with van der Waals surface area (Å²) < 4.78 is 1.03. The molecule has 2 nitrogen and oxygen atoms in total. The van der Waals surface area contributed by atoms with Crippen LogP contribution in [0, 0.1) is 0 Å². The van der Waals surface area contributed by atoms with E-state index in [0.29, 0.717) is 18.0 Å². The lowest BCUT2D eigenvalue weighted by atomic mass is 10.1. The van der Waals surface area contributed by atoms with Gasteiger partial charge in [-0.15, -0.1) is 22.9 Å². The molecule has 1 heterocycles. The van der Waals surface area contributed by atoms with Crippen LogP contribution in [-0.2, 0) is 12.4 Å². The van der Waals surface area contributed by atoms with Gasteiger partial charge < -0.3 is 5.32 Å². The van der Waals surface area contributed by atoms with Crippen LogP contribution in [-0.4, -0.2) is 5.91 Å². The molecule has 0 aliphatic carbocycles. The Balaban J connectivity index is 2.01. The molecule has 2 rings (SSSR count). The lowest BCUT2D eigenvalue weighted by Crippen LogP contribution is -2.22. The van der Waals surface area contributed by atoms with Crippen LogP contribution in [0.4, 0.5) is 0 Å². The van der Waals surface area contributed by atoms with E-state index in [4.69, 9.17) is 11.6 Å². The van der Waals surface area contributed by atoms with Crippen molar-refractivity contribution in [3.63, 3.8) is 0 Å². The highest BCUT2D eigenvalue weighted by Gasteiger charge is 2.07. The second kappa shape index (κ2) is 6.36. The molecular weight excluding hydrogens is 334 g/mol. The molecule has 0 saturated heterocycles. The Labute approximate surface area is 123 Å². The summed E-state index contributed by atoms with van der Waals surface area (Å²) in [6.07, 6.45) is 0. The van der Waals surface area contributed by atoms with Gasteiger partial charge in [-0.05, 0) is 45.1 Å². The maximum atomic E-state index is 12.0. The molecule has 0 radical (unpaired) electrons. The summed E-state index contributed by atoms with van der Waals surface area (Å²) in [6.45, 7) is 0.530. The number of alkyl halides is 1. The third kappa shape index (κ3) is 3.34. The second-order valence-electron chi connectivity index (χ2n) is 3.71. The van der Waals surface area contributed by atoms with E-state index in [-0.39, 0.29) is 5.91 Å². The first kappa shape index (κ1) is 13.6. The van der Waals surface area contributed by atoms with E-state index in [1.54, 1.807) is 17.4 Å². The van der Waals surface area contributed by atoms with Crippen LogP contribution in [0.1, 0.15) is 20.8 Å². The molecule has 0 unspecified atom stereocenters. The highest BCUT2D eigenvalue weighted by molar-refractivity contribution is 9.10. The molecule has 0 bridgehead atoms. The van der Waals surface area contributed by atoms with E-state index in [1.807, 2.05) is 29.6 Å². The first-order valence-electron chi connectivity index (χ1n) is 5.35. The van der Waals surface area contributed by atoms with E-state index in [0.717, 1.165) is 14.9 Å². The molecule has 0 spiro atoms. The summed E-state index contributed by atoms with van der Waals surface area (Å²) in [6, 6.07) is 9.31. The van der Waals surface area contributed by atoms with Crippen LogP contribution in [0.2, 0.25) is 0 Å². The predicted octanol–water partition coefficient (Wildman–Crippen LogP) is 4.18. The monoisotopic (exact) mass is 343 g/mol. The lowest BCUT2D eigenvalue weighted by molar-refractivity contribution is 0.0951. The van der Waals surface area contributed by atoms with Gasteiger partial charge in [0, 0.05) is 20.8 Å². The van der Waals surface area contributed by atoms with Gasteiger partial charge in [-0.1, -0.05) is 12.1 Å². The Bertz CT molecular complexity index is 555. The molecule has 18 heavy (non-hydrogen) atoms. The van der Waals surface area contributed by atoms with Crippen molar-refractivity contribution in [3.05, 3.63) is 56.2 Å². The van der Waals surface area contributed by atoms with Gasteiger partial charge in [0.2, 0.25) is 0 Å². The first-order valence-corrected chi connectivity index (χ1v) is 7.56. The van der Waals surface area contributed by atoms with E-state index < -0.39 is 0 Å². The molecule has 0 atom stereocenters. The summed E-state index contributed by atoms with van der Waals surface area (Å²) in [5.41, 5.74) is 1.59. The number of rotatable bonds is 4. The van der Waals surface area contributed by atoms with Crippen LogP contribution >= 0.6 is 38.9 Å². The third-order valence-electron chi connectivity index (χ3n) is 2.44. The van der Waals surface area contributed by atoms with Crippen molar-refractivity contribution >= 4 is 44.8 Å². The quantitative estimate of drug-likeness (QED) is 0.828. The fourth-order valence-corrected chi connectivity index (χ4v) is 3.11. The highest BCUT2D eigenvalue weighted by atomic mass is 79.9. The summed E-state index contributed by atoms with van der Waals surface area (Å²) in [4.78, 5) is 13.1. The third-order valence-corrected chi connectivity index (χ3v) is 4.68. The van der Waals surface area contributed by atoms with Crippen molar-refractivity contribution in [2.75, 3.05) is 0 Å². The van der Waals surface area contributed by atoms with Crippen LogP contribution in [0.25, 0.3) is 0 Å². The zero-order valence-corrected chi connectivity index (χ0v) is 12.6. The molecule has 1 aromatic heterocycles. The molecule has 2 aromatic rings. The number of hydrogen-bond acceptors (Lipinski definition) is 2. The van der Waals surface area contributed by atoms with E-state index in [2.05, 4.69) is 21.2 Å². The van der Waals surface area contributed by atoms with Crippen molar-refractivity contribution in [2.45, 2.75) is 12.4 Å². The van der Waals surface area contributed by atoms with Gasteiger partial charge in [0.25, 0.3) is 5.91 Å². The average molecular weight is 345 g/mol. The Morgan fingerprint density at radius 3 is 2.89 bits per heavy atom. The molecule has 1 aromatic carbocycles. The maximum Gasteiger partial charge on any atom is 0.251 e. The average Bonchev–Trinajstić information content (AvgIpc) is 2.81. The number of carbonyl (C=O) groups is 1. The molecule has 0 aliphatic rings. The molecule has 0 aliphatic heterocycles. The molecule has 1 amide bonds. The van der Waals surface area contributed by atoms with Crippen molar-refractivity contribution in [2.24, 2.45) is 0 Å². The Hall–Kier alpha value is -0.840. The number of halogens is 2. The maximum absolute atomic E-state index is 12.0. The Morgan fingerprint density at radius 1 is 1.39 bits per heavy atom. The van der Waals surface area contributed by atoms with E-state index >= 15 is 0 Å². The topological polar surface area (TPSA) is 29.1 Å². The number of amides is 1. The highest BCUT2D eigenvalue weighted by Crippen LogP contribution is 2.22. The van der Waals surface area contributed by atoms with Crippen LogP contribution in [0.5, 0.6) is 0 Å². The predicted molar refractivity (Wildman–Crippen MR) is 79.2 cm³/mol. The van der Waals surface area contributed by atoms with Crippen LogP contribution in [0.3, 0.4) is 0 Å². The molecule has 1 N–H and O–H groups in total. The number of nitrogens with one attached hydrogen (secondary N) is 1. The molecular formula is C13H11BrClNOS. The Kier molecular flexibility index (Phi) is 4.80. The largest absolute Gasteiger partial charge is 0.347 e. The van der Waals surface area contributed by atoms with Crippen molar-refractivity contribution in [3.8, 4) is 0 Å². The first-order chi connectivity index (χ1) is 8.70. The fourth-order valence-electron chi connectivity index (χ4n) is 1.51. The van der Waals surface area contributed by atoms with Crippen molar-refractivity contribution in [1.29, 1.82) is 0 Å². The SMILES string of the molecule is O=C(NCc1sccc1Br)c1cccc(CCl)c1. The molecule has 94 valence electrons. The van der Waals surface area contributed by atoms with Gasteiger partial charge in [0.1, 0.15) is 0 Å². The smallest absolute Gasteiger partial charge is 0.251 e. The normalized spacial score (nSPS) is 10.3. The summed E-state index contributed by atoms with van der Waals surface area (Å²) >= 11 is 10.8. The summed E-state index contributed by atoms with van der Waals surface area (Å²) in [5, 5.41) is 4.88. The number of benzene rings is 1. The number of carbonyl (C=O) groups excluding carboxylic acids is 1. The summed E-state index contributed by atoms with van der Waals surface area (Å²) in [5.74, 6) is 0.333. The molecule has 0 fully saturated rings. The fraction of sp³-hybridized carbons (Fsp3) is 0.154. The lowest BCUT2D eigenvalue weighted by Gasteiger charge is -2.05. The van der Waals surface area contributed by atoms with Gasteiger partial charge in [-0.3, -0.25) is 4.79 Å². The minimum atomic E-state index is -0.0812. The van der Waals surface area contributed by atoms with Crippen molar-refractivity contribution < 1.29 is 4.79 Å². The van der Waals surface area contributed by atoms with E-state index in [9.17, 15) is 4.79 Å². The van der Waals surface area contributed by atoms with Gasteiger partial charge in [-0.2, -0.15) is 0 Å². The van der Waals surface area contributed by atoms with Gasteiger partial charge in [0.05, 0.1) is 6.54 Å². The van der Waals surface area contributed by atoms with E-state index in [1.165, 1.54) is 0 Å².